The minimum atomic E-state index is -1.01. The van der Waals surface area contributed by atoms with Crippen LogP contribution in [0.2, 0.25) is 0 Å². The number of carboxylic acids is 1. The summed E-state index contributed by atoms with van der Waals surface area (Å²) in [6, 6.07) is 7.14. The highest BCUT2D eigenvalue weighted by Crippen LogP contribution is 2.50. The summed E-state index contributed by atoms with van der Waals surface area (Å²) >= 11 is 1.10. The van der Waals surface area contributed by atoms with Gasteiger partial charge in [0.05, 0.1) is 11.5 Å². The first kappa shape index (κ1) is 24.3. The van der Waals surface area contributed by atoms with Gasteiger partial charge in [-0.2, -0.15) is 0 Å². The monoisotopic (exact) mass is 456 g/mol. The van der Waals surface area contributed by atoms with Crippen molar-refractivity contribution in [2.45, 2.75) is 64.4 Å². The molecule has 1 heterocycles. The van der Waals surface area contributed by atoms with Crippen LogP contribution in [0.4, 0.5) is 0 Å². The van der Waals surface area contributed by atoms with Gasteiger partial charge in [-0.3, -0.25) is 0 Å². The number of fused-ring (bicyclic) bond motifs is 1. The van der Waals surface area contributed by atoms with E-state index in [9.17, 15) is 9.90 Å². The number of rotatable bonds is 7. The Bertz CT molecular complexity index is 1040. The van der Waals surface area contributed by atoms with E-state index in [-0.39, 0.29) is 15.7 Å². The van der Waals surface area contributed by atoms with E-state index in [1.54, 1.807) is 6.07 Å². The molecule has 1 aromatic heterocycles. The molecule has 1 aliphatic carbocycles. The Morgan fingerprint density at radius 2 is 1.88 bits per heavy atom. The predicted molar refractivity (Wildman–Crippen MR) is 127 cm³/mol. The molecule has 1 aromatic carbocycles. The van der Waals surface area contributed by atoms with Gasteiger partial charge < -0.3 is 19.7 Å². The number of hydrogen-bond acceptors (Lipinski definition) is 5. The number of aromatic carboxylic acids is 1. The van der Waals surface area contributed by atoms with E-state index in [0.717, 1.165) is 29.9 Å². The first-order chi connectivity index (χ1) is 15.0. The zero-order valence-corrected chi connectivity index (χ0v) is 20.3. The van der Waals surface area contributed by atoms with Crippen LogP contribution in [-0.2, 0) is 15.6 Å². The molecule has 2 aromatic rings. The summed E-state index contributed by atoms with van der Waals surface area (Å²) in [6.45, 7) is 12.5. The van der Waals surface area contributed by atoms with Crippen LogP contribution in [0.5, 0.6) is 5.75 Å². The van der Waals surface area contributed by atoms with Gasteiger partial charge in [-0.1, -0.05) is 45.6 Å². The number of aliphatic hydroxyl groups is 1. The molecule has 0 bridgehead atoms. The number of carbonyl (C=O) groups is 1. The van der Waals surface area contributed by atoms with Gasteiger partial charge in [0.1, 0.15) is 23.3 Å². The smallest absolute Gasteiger partial charge is 0.345 e. The summed E-state index contributed by atoms with van der Waals surface area (Å²) < 4.78 is 11.6. The third-order valence-corrected chi connectivity index (χ3v) is 7.05. The summed E-state index contributed by atoms with van der Waals surface area (Å²) in [5, 5.41) is 20.0. The van der Waals surface area contributed by atoms with Crippen LogP contribution in [0, 0.1) is 11.8 Å². The quantitative estimate of drug-likeness (QED) is 0.437. The summed E-state index contributed by atoms with van der Waals surface area (Å²) in [7, 11) is 0. The van der Waals surface area contributed by atoms with Crippen molar-refractivity contribution in [1.29, 1.82) is 0 Å². The molecule has 0 amide bonds. The van der Waals surface area contributed by atoms with Gasteiger partial charge in [-0.15, -0.1) is 11.3 Å². The second kappa shape index (κ2) is 9.66. The largest absolute Gasteiger partial charge is 0.491 e. The van der Waals surface area contributed by atoms with Gasteiger partial charge >= 0.3 is 5.97 Å². The minimum Gasteiger partial charge on any atom is -0.491 e. The van der Waals surface area contributed by atoms with Crippen molar-refractivity contribution in [3.05, 3.63) is 50.7 Å². The lowest BCUT2D eigenvalue weighted by Gasteiger charge is -2.43. The summed E-state index contributed by atoms with van der Waals surface area (Å²) in [5.74, 6) is 5.58. The minimum absolute atomic E-state index is 0.0365. The molecule has 0 aliphatic heterocycles. The average Bonchev–Trinajstić information content (AvgIpc) is 3.22. The molecule has 1 unspecified atom stereocenters. The van der Waals surface area contributed by atoms with Gasteiger partial charge in [0.15, 0.2) is 0 Å². The van der Waals surface area contributed by atoms with Gasteiger partial charge in [-0.05, 0) is 59.9 Å². The van der Waals surface area contributed by atoms with Gasteiger partial charge in [-0.25, -0.2) is 4.79 Å². The molecule has 0 saturated heterocycles. The average molecular weight is 457 g/mol. The molecule has 3 rings (SSSR count). The summed E-state index contributed by atoms with van der Waals surface area (Å²) in [6.07, 6.45) is 1.09. The van der Waals surface area contributed by atoms with E-state index in [1.807, 2.05) is 13.0 Å². The topological polar surface area (TPSA) is 76.0 Å². The molecule has 0 radical (unpaired) electrons. The summed E-state index contributed by atoms with van der Waals surface area (Å²) in [4.78, 5) is 11.9. The van der Waals surface area contributed by atoms with Crippen molar-refractivity contribution < 1.29 is 24.5 Å². The first-order valence-electron chi connectivity index (χ1n) is 11.0. The number of benzene rings is 1. The van der Waals surface area contributed by atoms with Crippen LogP contribution in [0.1, 0.15) is 84.8 Å². The molecular formula is C26H32O5S. The predicted octanol–water partition coefficient (Wildman–Crippen LogP) is 5.30. The number of ether oxygens (including phenoxy) is 2. The lowest BCUT2D eigenvalue weighted by atomic mass is 9.62. The first-order valence-corrected chi connectivity index (χ1v) is 11.8. The van der Waals surface area contributed by atoms with Gasteiger partial charge in [0.2, 0.25) is 0 Å². The standard InChI is InChI=1S/C26H32O5S/c1-6-30-13-14-31-21-16-17(15-19-23(21)26(4,5)12-11-25(19,2)3)20(27)9-7-18-8-10-22(32-18)24(28)29/h8,10,15-16,20,27H,6,11-14H2,1-5H3,(H,28,29). The Kier molecular flexibility index (Phi) is 7.34. The third-order valence-electron chi connectivity index (χ3n) is 6.06. The van der Waals surface area contributed by atoms with Gasteiger partial charge in [0.25, 0.3) is 0 Å². The van der Waals surface area contributed by atoms with Crippen LogP contribution in [0.25, 0.3) is 0 Å². The Labute approximate surface area is 194 Å². The van der Waals surface area contributed by atoms with E-state index >= 15 is 0 Å². The molecular weight excluding hydrogens is 424 g/mol. The molecule has 2 N–H and O–H groups in total. The number of carboxylic acid groups (broad SMARTS) is 1. The van der Waals surface area contributed by atoms with E-state index in [0.29, 0.717) is 30.3 Å². The maximum atomic E-state index is 11.1. The third kappa shape index (κ3) is 5.35. The Morgan fingerprint density at radius 3 is 2.53 bits per heavy atom. The maximum absolute atomic E-state index is 11.1. The molecule has 6 heteroatoms. The molecule has 172 valence electrons. The van der Waals surface area contributed by atoms with Crippen LogP contribution >= 0.6 is 11.3 Å². The summed E-state index contributed by atoms with van der Waals surface area (Å²) in [5.41, 5.74) is 2.98. The van der Waals surface area contributed by atoms with Crippen molar-refractivity contribution in [3.8, 4) is 17.6 Å². The number of thiophene rings is 1. The molecule has 0 saturated carbocycles. The Balaban J connectivity index is 1.99. The zero-order valence-electron chi connectivity index (χ0n) is 19.4. The van der Waals surface area contributed by atoms with E-state index < -0.39 is 12.1 Å². The highest BCUT2D eigenvalue weighted by Gasteiger charge is 2.40. The van der Waals surface area contributed by atoms with E-state index in [2.05, 4.69) is 45.6 Å². The fraction of sp³-hybridized carbons (Fsp3) is 0.500. The number of aliphatic hydroxyl groups excluding tert-OH is 1. The zero-order chi connectivity index (χ0) is 23.5. The highest BCUT2D eigenvalue weighted by atomic mass is 32.1. The SMILES string of the molecule is CCOCCOc1cc(C(O)C#Cc2ccc(C(=O)O)s2)cc2c1C(C)(C)CCC2(C)C. The van der Waals surface area contributed by atoms with Crippen LogP contribution in [-0.4, -0.2) is 36.0 Å². The molecule has 1 atom stereocenters. The molecule has 0 spiro atoms. The van der Waals surface area contributed by atoms with Crippen molar-refractivity contribution in [2.24, 2.45) is 0 Å². The Morgan fingerprint density at radius 1 is 1.16 bits per heavy atom. The van der Waals surface area contributed by atoms with E-state index in [4.69, 9.17) is 14.6 Å². The van der Waals surface area contributed by atoms with Crippen LogP contribution in [0.3, 0.4) is 0 Å². The van der Waals surface area contributed by atoms with Crippen LogP contribution < -0.4 is 4.74 Å². The van der Waals surface area contributed by atoms with Crippen molar-refractivity contribution in [3.63, 3.8) is 0 Å². The molecule has 32 heavy (non-hydrogen) atoms. The normalized spacial score (nSPS) is 17.1. The van der Waals surface area contributed by atoms with E-state index in [1.165, 1.54) is 17.2 Å². The van der Waals surface area contributed by atoms with Crippen molar-refractivity contribution in [2.75, 3.05) is 19.8 Å². The maximum Gasteiger partial charge on any atom is 0.345 e. The van der Waals surface area contributed by atoms with Gasteiger partial charge in [0, 0.05) is 12.2 Å². The van der Waals surface area contributed by atoms with Crippen LogP contribution in [0.15, 0.2) is 24.3 Å². The molecule has 0 fully saturated rings. The second-order valence-corrected chi connectivity index (χ2v) is 10.5. The van der Waals surface area contributed by atoms with Crippen molar-refractivity contribution in [1.82, 2.24) is 0 Å². The highest BCUT2D eigenvalue weighted by molar-refractivity contribution is 7.14. The lowest BCUT2D eigenvalue weighted by Crippen LogP contribution is -2.34. The number of hydrogen-bond donors (Lipinski definition) is 2. The Hall–Kier alpha value is -2.33. The lowest BCUT2D eigenvalue weighted by molar-refractivity contribution is 0.0702. The second-order valence-electron chi connectivity index (χ2n) is 9.40. The molecule has 1 aliphatic rings. The fourth-order valence-corrected chi connectivity index (χ4v) is 4.83. The molecule has 5 nitrogen and oxygen atoms in total. The van der Waals surface area contributed by atoms with Crippen molar-refractivity contribution >= 4 is 17.3 Å². The fourth-order valence-electron chi connectivity index (χ4n) is 4.12.